The maximum atomic E-state index is 12.7. The van der Waals surface area contributed by atoms with Gasteiger partial charge in [-0.25, -0.2) is 4.98 Å². The van der Waals surface area contributed by atoms with Crippen molar-refractivity contribution in [1.82, 2.24) is 15.3 Å². The second-order valence-electron chi connectivity index (χ2n) is 9.43. The molecule has 0 spiro atoms. The minimum atomic E-state index is -4.83. The number of halogens is 5. The van der Waals surface area contributed by atoms with Crippen molar-refractivity contribution in [2.24, 2.45) is 5.92 Å². The number of ether oxygens (including phenoxy) is 1. The zero-order chi connectivity index (χ0) is 26.6. The van der Waals surface area contributed by atoms with Crippen molar-refractivity contribution in [2.75, 3.05) is 30.9 Å². The topological polar surface area (TPSA) is 79.4 Å². The van der Waals surface area contributed by atoms with Crippen LogP contribution in [0.2, 0.25) is 0 Å². The van der Waals surface area contributed by atoms with Crippen LogP contribution in [0, 0.1) is 5.92 Å². The Hall–Kier alpha value is -2.79. The zero-order valence-corrected chi connectivity index (χ0v) is 23.4. The number of fused-ring (bicyclic) bond motifs is 1. The van der Waals surface area contributed by atoms with Gasteiger partial charge in [0.15, 0.2) is 0 Å². The Bertz CT molecular complexity index is 1250. The van der Waals surface area contributed by atoms with Crippen LogP contribution in [0.1, 0.15) is 31.2 Å². The number of hydrogen-bond donors (Lipinski definition) is 2. The van der Waals surface area contributed by atoms with Crippen molar-refractivity contribution in [3.05, 3.63) is 52.5 Å². The largest absolute Gasteiger partial charge is 0.573 e. The van der Waals surface area contributed by atoms with Crippen LogP contribution >= 0.6 is 28.3 Å². The summed E-state index contributed by atoms with van der Waals surface area (Å²) in [4.78, 5) is 23.8. The van der Waals surface area contributed by atoms with Gasteiger partial charge in [-0.1, -0.05) is 34.1 Å². The summed E-state index contributed by atoms with van der Waals surface area (Å²) >= 11 is 3.14. The van der Waals surface area contributed by atoms with Gasteiger partial charge in [0.2, 0.25) is 11.9 Å². The Kier molecular flexibility index (Phi) is 10.1. The van der Waals surface area contributed by atoms with Gasteiger partial charge in [-0.15, -0.1) is 25.6 Å². The number of para-hydroxylation sites is 1. The fourth-order valence-corrected chi connectivity index (χ4v) is 4.89. The summed E-state index contributed by atoms with van der Waals surface area (Å²) in [6.07, 6.45) is -1.39. The number of nitrogens with one attached hydrogen (secondary N) is 2. The number of rotatable bonds is 8. The molecule has 2 N–H and O–H groups in total. The van der Waals surface area contributed by atoms with Crippen molar-refractivity contribution in [1.29, 1.82) is 0 Å². The highest BCUT2D eigenvalue weighted by Gasteiger charge is 2.32. The molecular weight excluding hydrogens is 587 g/mol. The van der Waals surface area contributed by atoms with Crippen molar-refractivity contribution >= 4 is 56.9 Å². The lowest BCUT2D eigenvalue weighted by molar-refractivity contribution is -0.274. The van der Waals surface area contributed by atoms with Gasteiger partial charge in [-0.3, -0.25) is 4.79 Å². The zero-order valence-electron chi connectivity index (χ0n) is 21.0. The Morgan fingerprint density at radius 1 is 1.11 bits per heavy atom. The number of aromatic nitrogens is 2. The standard InChI is InChI=1S/C26H29BrF3N5O2.ClH/c1-35(2)24-20-5-3-4-6-21(20)33-25(34-24)32-19-11-7-16(8-12-19)15-31-23(36)13-17-9-10-18(27)14-22(17)37-26(28,29)30;/h3-6,9-10,14,16,19H,7-8,11-13,15H2,1-2H3,(H,31,36)(H,32,33,34);1H. The van der Waals surface area contributed by atoms with E-state index >= 15 is 0 Å². The minimum absolute atomic E-state index is 0. The first kappa shape index (κ1) is 29.8. The molecule has 0 aliphatic heterocycles. The molecule has 1 fully saturated rings. The lowest BCUT2D eigenvalue weighted by atomic mass is 9.86. The van der Waals surface area contributed by atoms with E-state index in [-0.39, 0.29) is 42.1 Å². The van der Waals surface area contributed by atoms with Gasteiger partial charge in [-0.2, -0.15) is 4.98 Å². The van der Waals surface area contributed by atoms with Gasteiger partial charge < -0.3 is 20.3 Å². The fourth-order valence-electron chi connectivity index (χ4n) is 4.55. The van der Waals surface area contributed by atoms with E-state index < -0.39 is 6.36 Å². The number of nitrogens with zero attached hydrogens (tertiary/aromatic N) is 3. The molecule has 1 saturated carbocycles. The molecule has 2 aromatic carbocycles. The second-order valence-corrected chi connectivity index (χ2v) is 10.3. The van der Waals surface area contributed by atoms with Crippen molar-refractivity contribution in [3.63, 3.8) is 0 Å². The fraction of sp³-hybridized carbons (Fsp3) is 0.423. The van der Waals surface area contributed by atoms with E-state index in [4.69, 9.17) is 4.98 Å². The molecule has 12 heteroatoms. The minimum Gasteiger partial charge on any atom is -0.405 e. The molecule has 0 radical (unpaired) electrons. The normalized spacial score (nSPS) is 17.4. The molecular formula is C26H30BrClF3N5O2. The van der Waals surface area contributed by atoms with Crippen LogP contribution in [-0.4, -0.2) is 48.9 Å². The number of anilines is 2. The van der Waals surface area contributed by atoms with Crippen LogP contribution < -0.4 is 20.3 Å². The SMILES string of the molecule is CN(C)c1nc(NC2CCC(CNC(=O)Cc3ccc(Br)cc3OC(F)(F)F)CC2)nc2ccccc12.Cl. The van der Waals surface area contributed by atoms with E-state index in [2.05, 4.69) is 36.3 Å². The molecule has 1 heterocycles. The van der Waals surface area contributed by atoms with Crippen LogP contribution in [0.25, 0.3) is 10.9 Å². The van der Waals surface area contributed by atoms with Gasteiger partial charge in [0, 0.05) is 42.1 Å². The summed E-state index contributed by atoms with van der Waals surface area (Å²) in [5.41, 5.74) is 1.06. The Balaban J connectivity index is 0.00000400. The first-order valence-electron chi connectivity index (χ1n) is 12.1. The highest BCUT2D eigenvalue weighted by atomic mass is 79.9. The molecule has 4 rings (SSSR count). The quantitative estimate of drug-likeness (QED) is 0.318. The van der Waals surface area contributed by atoms with Crippen LogP contribution in [0.15, 0.2) is 46.9 Å². The molecule has 3 aromatic rings. The lowest BCUT2D eigenvalue weighted by Crippen LogP contribution is -2.35. The monoisotopic (exact) mass is 615 g/mol. The van der Waals surface area contributed by atoms with E-state index in [0.717, 1.165) is 42.4 Å². The van der Waals surface area contributed by atoms with Gasteiger partial charge in [0.1, 0.15) is 11.6 Å². The Labute approximate surface area is 234 Å². The number of carbonyl (C=O) groups is 1. The number of alkyl halides is 3. The number of amides is 1. The van der Waals surface area contributed by atoms with Crippen molar-refractivity contribution < 1.29 is 22.7 Å². The molecule has 1 amide bonds. The Morgan fingerprint density at radius 2 is 1.82 bits per heavy atom. The van der Waals surface area contributed by atoms with E-state index in [9.17, 15) is 18.0 Å². The average Bonchev–Trinajstić information content (AvgIpc) is 2.84. The summed E-state index contributed by atoms with van der Waals surface area (Å²) in [5.74, 6) is 1.05. The maximum absolute atomic E-state index is 12.7. The molecule has 0 saturated heterocycles. The van der Waals surface area contributed by atoms with Gasteiger partial charge in [0.05, 0.1) is 11.9 Å². The summed E-state index contributed by atoms with van der Waals surface area (Å²) in [7, 11) is 3.91. The first-order chi connectivity index (χ1) is 17.6. The molecule has 38 heavy (non-hydrogen) atoms. The number of benzene rings is 2. The van der Waals surface area contributed by atoms with Crippen LogP contribution in [0.5, 0.6) is 5.75 Å². The number of hydrogen-bond acceptors (Lipinski definition) is 6. The molecule has 1 aliphatic carbocycles. The van der Waals surface area contributed by atoms with Crippen LogP contribution in [0.4, 0.5) is 24.9 Å². The highest BCUT2D eigenvalue weighted by Crippen LogP contribution is 2.31. The third-order valence-electron chi connectivity index (χ3n) is 6.38. The molecule has 0 unspecified atom stereocenters. The molecule has 0 bridgehead atoms. The first-order valence-corrected chi connectivity index (χ1v) is 12.9. The summed E-state index contributed by atoms with van der Waals surface area (Å²) in [6.45, 7) is 0.481. The van der Waals surface area contributed by atoms with Gasteiger partial charge in [0.25, 0.3) is 0 Å². The summed E-state index contributed by atoms with van der Waals surface area (Å²) < 4.78 is 42.7. The average molecular weight is 617 g/mol. The van der Waals surface area contributed by atoms with Crippen molar-refractivity contribution in [3.8, 4) is 5.75 Å². The van der Waals surface area contributed by atoms with E-state index in [0.29, 0.717) is 22.9 Å². The second kappa shape index (κ2) is 12.8. The summed E-state index contributed by atoms with van der Waals surface area (Å²) in [5, 5.41) is 7.34. The van der Waals surface area contributed by atoms with Gasteiger partial charge >= 0.3 is 6.36 Å². The predicted octanol–water partition coefficient (Wildman–Crippen LogP) is 6.11. The molecule has 0 atom stereocenters. The van der Waals surface area contributed by atoms with Crippen LogP contribution in [-0.2, 0) is 11.2 Å². The maximum Gasteiger partial charge on any atom is 0.573 e. The highest BCUT2D eigenvalue weighted by molar-refractivity contribution is 9.10. The van der Waals surface area contributed by atoms with E-state index in [1.54, 1.807) is 6.07 Å². The smallest absolute Gasteiger partial charge is 0.405 e. The van der Waals surface area contributed by atoms with Crippen LogP contribution in [0.3, 0.4) is 0 Å². The van der Waals surface area contributed by atoms with Gasteiger partial charge in [-0.05, 0) is 55.9 Å². The molecule has 7 nitrogen and oxygen atoms in total. The molecule has 1 aromatic heterocycles. The Morgan fingerprint density at radius 3 is 2.50 bits per heavy atom. The summed E-state index contributed by atoms with van der Waals surface area (Å²) in [6, 6.07) is 12.4. The third kappa shape index (κ3) is 8.10. The van der Waals surface area contributed by atoms with E-state index in [1.165, 1.54) is 12.1 Å². The lowest BCUT2D eigenvalue weighted by Gasteiger charge is -2.29. The molecule has 1 aliphatic rings. The molecule has 206 valence electrons. The van der Waals surface area contributed by atoms with E-state index in [1.807, 2.05) is 43.3 Å². The number of carbonyl (C=O) groups excluding carboxylic acids is 1. The third-order valence-corrected chi connectivity index (χ3v) is 6.87. The van der Waals surface area contributed by atoms with Crippen molar-refractivity contribution in [2.45, 2.75) is 44.5 Å². The predicted molar refractivity (Wildman–Crippen MR) is 148 cm³/mol.